The van der Waals surface area contributed by atoms with Crippen LogP contribution >= 0.6 is 12.2 Å². The summed E-state index contributed by atoms with van der Waals surface area (Å²) in [6, 6.07) is 14.4. The molecule has 1 fully saturated rings. The highest BCUT2D eigenvalue weighted by molar-refractivity contribution is 7.80. The van der Waals surface area contributed by atoms with Gasteiger partial charge in [0.15, 0.2) is 5.60 Å². The molecular weight excluding hydrogens is 256 g/mol. The number of benzene rings is 1. The minimum Gasteiger partial charge on any atom is -0.456 e. The maximum Gasteiger partial charge on any atom is 0.258 e. The van der Waals surface area contributed by atoms with Crippen LogP contribution in [0.1, 0.15) is 24.2 Å². The fraction of sp³-hybridized carbons (Fsp3) is 0.267. The van der Waals surface area contributed by atoms with Crippen LogP contribution in [-0.2, 0) is 17.4 Å². The van der Waals surface area contributed by atoms with Gasteiger partial charge < -0.3 is 14.6 Å². The smallest absolute Gasteiger partial charge is 0.258 e. The first-order chi connectivity index (χ1) is 9.11. The van der Waals surface area contributed by atoms with E-state index in [-0.39, 0.29) is 6.04 Å². The molecule has 2 unspecified atom stereocenters. The molecule has 1 N–H and O–H groups in total. The number of thiocarbonyl (C=S) groups is 1. The molecule has 1 aromatic heterocycles. The fourth-order valence-electron chi connectivity index (χ4n) is 2.76. The van der Waals surface area contributed by atoms with Crippen LogP contribution in [0.5, 0.6) is 0 Å². The number of hydrogen-bond acceptors (Lipinski definition) is 2. The zero-order chi connectivity index (χ0) is 13.5. The first kappa shape index (κ1) is 12.2. The van der Waals surface area contributed by atoms with Gasteiger partial charge in [0.2, 0.25) is 0 Å². The summed E-state index contributed by atoms with van der Waals surface area (Å²) in [5.74, 6) is 0. The molecule has 0 bridgehead atoms. The second-order valence-corrected chi connectivity index (χ2v) is 5.36. The van der Waals surface area contributed by atoms with Gasteiger partial charge >= 0.3 is 0 Å². The zero-order valence-electron chi connectivity index (χ0n) is 11.0. The molecule has 2 atom stereocenters. The lowest BCUT2D eigenvalue weighted by Gasteiger charge is -2.29. The summed E-state index contributed by atoms with van der Waals surface area (Å²) >= 11 is 5.22. The average Bonchev–Trinajstić information content (AvgIpc) is 2.95. The maximum absolute atomic E-state index is 5.94. The molecule has 4 heteroatoms. The van der Waals surface area contributed by atoms with Crippen molar-refractivity contribution in [3.8, 4) is 0 Å². The first-order valence-corrected chi connectivity index (χ1v) is 6.68. The number of ether oxygens (including phenoxy) is 1. The molecule has 3 nitrogen and oxygen atoms in total. The standard InChI is InChI=1S/C15H16N2OS/c1-15(12-9-6-10-17(12)2)13(16-14(19)18-15)11-7-4-3-5-8-11/h3-10,13H,1-2H3,(H,16,19). The van der Waals surface area contributed by atoms with Crippen molar-refractivity contribution in [2.24, 2.45) is 7.05 Å². The minimum atomic E-state index is -0.489. The fourth-order valence-corrected chi connectivity index (χ4v) is 3.05. The van der Waals surface area contributed by atoms with Gasteiger partial charge in [0.1, 0.15) is 6.04 Å². The molecule has 1 aromatic carbocycles. The predicted octanol–water partition coefficient (Wildman–Crippen LogP) is 2.89. The summed E-state index contributed by atoms with van der Waals surface area (Å²) in [6.45, 7) is 2.08. The summed E-state index contributed by atoms with van der Waals surface area (Å²) < 4.78 is 8.02. The molecule has 19 heavy (non-hydrogen) atoms. The Kier molecular flexibility index (Phi) is 2.82. The Morgan fingerprint density at radius 2 is 1.95 bits per heavy atom. The van der Waals surface area contributed by atoms with Crippen LogP contribution in [0, 0.1) is 0 Å². The van der Waals surface area contributed by atoms with Crippen molar-refractivity contribution >= 4 is 17.4 Å². The highest BCUT2D eigenvalue weighted by Gasteiger charge is 2.47. The summed E-state index contributed by atoms with van der Waals surface area (Å²) in [5, 5.41) is 3.73. The van der Waals surface area contributed by atoms with Gasteiger partial charge in [-0.3, -0.25) is 0 Å². The number of nitrogens with zero attached hydrogens (tertiary/aromatic N) is 1. The molecule has 3 rings (SSSR count). The Hall–Kier alpha value is -1.81. The highest BCUT2D eigenvalue weighted by atomic mass is 32.1. The van der Waals surface area contributed by atoms with E-state index in [0.717, 1.165) is 5.69 Å². The molecule has 1 aliphatic heterocycles. The molecule has 98 valence electrons. The number of rotatable bonds is 2. The third-order valence-electron chi connectivity index (χ3n) is 3.70. The van der Waals surface area contributed by atoms with Gasteiger partial charge in [-0.2, -0.15) is 0 Å². The Bertz CT molecular complexity index is 608. The lowest BCUT2D eigenvalue weighted by molar-refractivity contribution is 0.0749. The average molecular weight is 272 g/mol. The van der Waals surface area contributed by atoms with E-state index >= 15 is 0 Å². The second-order valence-electron chi connectivity index (χ2n) is 4.99. The van der Waals surface area contributed by atoms with Gasteiger partial charge in [0, 0.05) is 13.2 Å². The molecule has 2 aromatic rings. The topological polar surface area (TPSA) is 26.2 Å². The van der Waals surface area contributed by atoms with Gasteiger partial charge in [-0.05, 0) is 36.8 Å². The molecule has 0 saturated carbocycles. The summed E-state index contributed by atoms with van der Waals surface area (Å²) in [6.07, 6.45) is 2.02. The Morgan fingerprint density at radius 3 is 2.58 bits per heavy atom. The zero-order valence-corrected chi connectivity index (χ0v) is 11.8. The van der Waals surface area contributed by atoms with Crippen molar-refractivity contribution < 1.29 is 4.74 Å². The quantitative estimate of drug-likeness (QED) is 0.851. The van der Waals surface area contributed by atoms with E-state index in [9.17, 15) is 0 Å². The van der Waals surface area contributed by atoms with Crippen LogP contribution in [0.4, 0.5) is 0 Å². The lowest BCUT2D eigenvalue weighted by Crippen LogP contribution is -2.32. The second kappa shape index (κ2) is 4.38. The van der Waals surface area contributed by atoms with Crippen molar-refractivity contribution in [1.82, 2.24) is 9.88 Å². The van der Waals surface area contributed by atoms with Crippen molar-refractivity contribution in [3.63, 3.8) is 0 Å². The lowest BCUT2D eigenvalue weighted by atomic mass is 9.88. The minimum absolute atomic E-state index is 0.0230. The third-order valence-corrected chi connectivity index (χ3v) is 3.90. The van der Waals surface area contributed by atoms with Crippen LogP contribution in [0.2, 0.25) is 0 Å². The Labute approximate surface area is 118 Å². The van der Waals surface area contributed by atoms with Crippen LogP contribution in [0.25, 0.3) is 0 Å². The molecule has 1 saturated heterocycles. The van der Waals surface area contributed by atoms with Gasteiger partial charge in [-0.25, -0.2) is 0 Å². The maximum atomic E-state index is 5.94. The summed E-state index contributed by atoms with van der Waals surface area (Å²) in [5.41, 5.74) is 1.79. The van der Waals surface area contributed by atoms with Crippen molar-refractivity contribution in [3.05, 3.63) is 59.9 Å². The largest absolute Gasteiger partial charge is 0.456 e. The van der Waals surface area contributed by atoms with E-state index in [0.29, 0.717) is 5.17 Å². The van der Waals surface area contributed by atoms with Crippen molar-refractivity contribution in [2.75, 3.05) is 0 Å². The predicted molar refractivity (Wildman–Crippen MR) is 78.8 cm³/mol. The van der Waals surface area contributed by atoms with Crippen LogP contribution in [-0.4, -0.2) is 9.74 Å². The van der Waals surface area contributed by atoms with E-state index in [1.165, 1.54) is 5.56 Å². The van der Waals surface area contributed by atoms with Gasteiger partial charge in [-0.15, -0.1) is 0 Å². The Balaban J connectivity index is 2.08. The van der Waals surface area contributed by atoms with E-state index in [1.54, 1.807) is 0 Å². The number of aromatic nitrogens is 1. The first-order valence-electron chi connectivity index (χ1n) is 6.27. The van der Waals surface area contributed by atoms with Crippen molar-refractivity contribution in [1.29, 1.82) is 0 Å². The monoisotopic (exact) mass is 272 g/mol. The van der Waals surface area contributed by atoms with E-state index < -0.39 is 5.60 Å². The van der Waals surface area contributed by atoms with Crippen LogP contribution in [0.3, 0.4) is 0 Å². The molecule has 1 aliphatic rings. The number of nitrogens with one attached hydrogen (secondary N) is 1. The number of hydrogen-bond donors (Lipinski definition) is 1. The van der Waals surface area contributed by atoms with Crippen LogP contribution < -0.4 is 5.32 Å². The van der Waals surface area contributed by atoms with Crippen molar-refractivity contribution in [2.45, 2.75) is 18.6 Å². The highest BCUT2D eigenvalue weighted by Crippen LogP contribution is 2.42. The third kappa shape index (κ3) is 1.92. The van der Waals surface area contributed by atoms with E-state index in [2.05, 4.69) is 35.0 Å². The SMILES string of the molecule is Cn1cccc1C1(C)OC(=S)NC1c1ccccc1. The number of aryl methyl sites for hydroxylation is 1. The van der Waals surface area contributed by atoms with Gasteiger partial charge in [-0.1, -0.05) is 30.3 Å². The Morgan fingerprint density at radius 1 is 1.21 bits per heavy atom. The molecule has 0 aliphatic carbocycles. The van der Waals surface area contributed by atoms with Gasteiger partial charge in [0.25, 0.3) is 5.17 Å². The van der Waals surface area contributed by atoms with E-state index in [4.69, 9.17) is 17.0 Å². The molecule has 0 amide bonds. The summed E-state index contributed by atoms with van der Waals surface area (Å²) in [4.78, 5) is 0. The van der Waals surface area contributed by atoms with Crippen LogP contribution in [0.15, 0.2) is 48.7 Å². The normalized spacial score (nSPS) is 26.0. The molecule has 0 radical (unpaired) electrons. The molecular formula is C15H16N2OS. The summed E-state index contributed by atoms with van der Waals surface area (Å²) in [7, 11) is 2.02. The molecule has 0 spiro atoms. The van der Waals surface area contributed by atoms with Gasteiger partial charge in [0.05, 0.1) is 5.69 Å². The molecule has 2 heterocycles. The van der Waals surface area contributed by atoms with E-state index in [1.807, 2.05) is 37.5 Å².